The van der Waals surface area contributed by atoms with Crippen molar-refractivity contribution in [2.24, 2.45) is 0 Å². The van der Waals surface area contributed by atoms with Crippen LogP contribution >= 0.6 is 23.2 Å². The summed E-state index contributed by atoms with van der Waals surface area (Å²) < 4.78 is 13.0. The highest BCUT2D eigenvalue weighted by atomic mass is 35.5. The maximum absolute atomic E-state index is 13.0. The van der Waals surface area contributed by atoms with Crippen LogP contribution in [0.2, 0.25) is 10.2 Å². The van der Waals surface area contributed by atoms with E-state index in [2.05, 4.69) is 15.3 Å². The first-order valence-electron chi connectivity index (χ1n) is 5.73. The van der Waals surface area contributed by atoms with Crippen LogP contribution in [0.3, 0.4) is 0 Å². The normalized spacial score (nSPS) is 10.5. The Bertz CT molecular complexity index is 570. The van der Waals surface area contributed by atoms with E-state index in [1.54, 1.807) is 18.2 Å². The van der Waals surface area contributed by atoms with Gasteiger partial charge in [-0.2, -0.15) is 0 Å². The number of anilines is 1. The van der Waals surface area contributed by atoms with Crippen LogP contribution in [0.25, 0.3) is 0 Å². The van der Waals surface area contributed by atoms with E-state index in [-0.39, 0.29) is 5.02 Å². The van der Waals surface area contributed by atoms with E-state index in [0.29, 0.717) is 24.1 Å². The van der Waals surface area contributed by atoms with Crippen LogP contribution in [0.1, 0.15) is 11.3 Å². The van der Waals surface area contributed by atoms with Crippen LogP contribution in [-0.2, 0) is 6.42 Å². The van der Waals surface area contributed by atoms with E-state index < -0.39 is 5.82 Å². The van der Waals surface area contributed by atoms with Gasteiger partial charge in [-0.15, -0.1) is 0 Å². The summed E-state index contributed by atoms with van der Waals surface area (Å²) in [7, 11) is 0. The lowest BCUT2D eigenvalue weighted by Gasteiger charge is -2.06. The third kappa shape index (κ3) is 4.04. The summed E-state index contributed by atoms with van der Waals surface area (Å²) in [4.78, 5) is 8.26. The Hall–Kier alpha value is -1.39. The molecular formula is C13H12Cl2FN3. The second kappa shape index (κ2) is 6.17. The number of hydrogen-bond acceptors (Lipinski definition) is 3. The van der Waals surface area contributed by atoms with E-state index >= 15 is 0 Å². The van der Waals surface area contributed by atoms with Crippen LogP contribution in [0.5, 0.6) is 0 Å². The first kappa shape index (κ1) is 14.0. The highest BCUT2D eigenvalue weighted by molar-refractivity contribution is 6.30. The molecule has 100 valence electrons. The molecule has 0 atom stereocenters. The van der Waals surface area contributed by atoms with Gasteiger partial charge >= 0.3 is 0 Å². The first-order valence-corrected chi connectivity index (χ1v) is 6.49. The number of benzene rings is 1. The van der Waals surface area contributed by atoms with Crippen LogP contribution in [-0.4, -0.2) is 16.5 Å². The van der Waals surface area contributed by atoms with Gasteiger partial charge in [0.2, 0.25) is 5.95 Å². The average molecular weight is 300 g/mol. The molecule has 0 radical (unpaired) electrons. The minimum atomic E-state index is -0.410. The van der Waals surface area contributed by atoms with Crippen LogP contribution in [0, 0.1) is 12.7 Å². The summed E-state index contributed by atoms with van der Waals surface area (Å²) in [5.74, 6) is 0.0744. The fraction of sp³-hybridized carbons (Fsp3) is 0.231. The zero-order valence-electron chi connectivity index (χ0n) is 10.3. The molecule has 0 amide bonds. The predicted molar refractivity (Wildman–Crippen MR) is 75.4 cm³/mol. The molecule has 0 aliphatic carbocycles. The van der Waals surface area contributed by atoms with E-state index in [9.17, 15) is 4.39 Å². The quantitative estimate of drug-likeness (QED) is 0.871. The molecule has 0 unspecified atom stereocenters. The molecule has 2 rings (SSSR count). The van der Waals surface area contributed by atoms with Gasteiger partial charge in [-0.3, -0.25) is 0 Å². The molecule has 0 aliphatic heterocycles. The summed E-state index contributed by atoms with van der Waals surface area (Å²) in [5, 5.41) is 3.60. The van der Waals surface area contributed by atoms with E-state index in [1.165, 1.54) is 6.07 Å². The summed E-state index contributed by atoms with van der Waals surface area (Å²) in [6.07, 6.45) is 0.689. The smallest absolute Gasteiger partial charge is 0.224 e. The van der Waals surface area contributed by atoms with E-state index in [1.807, 2.05) is 6.92 Å². The number of nitrogens with one attached hydrogen (secondary N) is 1. The maximum Gasteiger partial charge on any atom is 0.224 e. The fourth-order valence-corrected chi connectivity index (χ4v) is 2.06. The SMILES string of the molecule is Cc1cc(Cl)nc(NCCc2ccc(F)c(Cl)c2)n1. The lowest BCUT2D eigenvalue weighted by atomic mass is 10.1. The number of halogens is 3. The van der Waals surface area contributed by atoms with Gasteiger partial charge in [-0.05, 0) is 37.1 Å². The van der Waals surface area contributed by atoms with Crippen molar-refractivity contribution in [1.82, 2.24) is 9.97 Å². The maximum atomic E-state index is 13.0. The van der Waals surface area contributed by atoms with Gasteiger partial charge in [-0.25, -0.2) is 14.4 Å². The fourth-order valence-electron chi connectivity index (χ4n) is 1.62. The van der Waals surface area contributed by atoms with Crippen molar-refractivity contribution in [3.05, 3.63) is 51.5 Å². The number of hydrogen-bond donors (Lipinski definition) is 1. The molecule has 0 spiro atoms. The highest BCUT2D eigenvalue weighted by Crippen LogP contribution is 2.16. The molecule has 2 aromatic rings. The molecule has 0 saturated heterocycles. The third-order valence-electron chi connectivity index (χ3n) is 2.50. The topological polar surface area (TPSA) is 37.8 Å². The standard InChI is InChI=1S/C13H12Cl2FN3/c1-8-6-12(15)19-13(18-8)17-5-4-9-2-3-11(16)10(14)7-9/h2-3,6-7H,4-5H2,1H3,(H,17,18,19). The van der Waals surface area contributed by atoms with E-state index in [0.717, 1.165) is 11.3 Å². The van der Waals surface area contributed by atoms with Gasteiger partial charge in [-0.1, -0.05) is 29.3 Å². The lowest BCUT2D eigenvalue weighted by Crippen LogP contribution is -2.08. The second-order valence-corrected chi connectivity index (χ2v) is 4.88. The van der Waals surface area contributed by atoms with Gasteiger partial charge in [0.1, 0.15) is 11.0 Å². The summed E-state index contributed by atoms with van der Waals surface area (Å²) in [6.45, 7) is 2.46. The molecule has 0 saturated carbocycles. The largest absolute Gasteiger partial charge is 0.354 e. The molecule has 19 heavy (non-hydrogen) atoms. The third-order valence-corrected chi connectivity index (χ3v) is 2.99. The minimum Gasteiger partial charge on any atom is -0.354 e. The van der Waals surface area contributed by atoms with Gasteiger partial charge in [0.15, 0.2) is 0 Å². The summed E-state index contributed by atoms with van der Waals surface area (Å²) in [6, 6.07) is 6.36. The monoisotopic (exact) mass is 299 g/mol. The minimum absolute atomic E-state index is 0.132. The molecule has 0 aliphatic rings. The Morgan fingerprint density at radius 2 is 2.00 bits per heavy atom. The Kier molecular flexibility index (Phi) is 4.56. The molecule has 6 heteroatoms. The first-order chi connectivity index (χ1) is 9.04. The second-order valence-electron chi connectivity index (χ2n) is 4.08. The van der Waals surface area contributed by atoms with Crippen molar-refractivity contribution >= 4 is 29.2 Å². The molecule has 1 aromatic carbocycles. The zero-order valence-corrected chi connectivity index (χ0v) is 11.8. The summed E-state index contributed by atoms with van der Waals surface area (Å²) >= 11 is 11.5. The van der Waals surface area contributed by atoms with Crippen LogP contribution in [0.4, 0.5) is 10.3 Å². The molecule has 1 heterocycles. The predicted octanol–water partition coefficient (Wildman–Crippen LogP) is 3.89. The molecule has 0 bridgehead atoms. The van der Waals surface area contributed by atoms with Crippen molar-refractivity contribution in [3.63, 3.8) is 0 Å². The Labute approximate surface area is 120 Å². The number of rotatable bonds is 4. The van der Waals surface area contributed by atoms with Gasteiger partial charge < -0.3 is 5.32 Å². The number of nitrogens with zero attached hydrogens (tertiary/aromatic N) is 2. The Morgan fingerprint density at radius 1 is 1.21 bits per heavy atom. The van der Waals surface area contributed by atoms with Crippen molar-refractivity contribution in [2.75, 3.05) is 11.9 Å². The molecule has 1 N–H and O–H groups in total. The van der Waals surface area contributed by atoms with Crippen molar-refractivity contribution < 1.29 is 4.39 Å². The molecule has 1 aromatic heterocycles. The van der Waals surface area contributed by atoms with Gasteiger partial charge in [0.25, 0.3) is 0 Å². The van der Waals surface area contributed by atoms with Gasteiger partial charge in [0, 0.05) is 12.2 Å². The van der Waals surface area contributed by atoms with Crippen molar-refractivity contribution in [2.45, 2.75) is 13.3 Å². The molecule has 0 fully saturated rings. The Balaban J connectivity index is 1.94. The summed E-state index contributed by atoms with van der Waals surface area (Å²) in [5.41, 5.74) is 1.74. The molecule has 3 nitrogen and oxygen atoms in total. The van der Waals surface area contributed by atoms with Crippen LogP contribution in [0.15, 0.2) is 24.3 Å². The number of aromatic nitrogens is 2. The lowest BCUT2D eigenvalue weighted by molar-refractivity contribution is 0.627. The highest BCUT2D eigenvalue weighted by Gasteiger charge is 2.02. The van der Waals surface area contributed by atoms with E-state index in [4.69, 9.17) is 23.2 Å². The zero-order chi connectivity index (χ0) is 13.8. The average Bonchev–Trinajstić information content (AvgIpc) is 2.32. The van der Waals surface area contributed by atoms with Crippen molar-refractivity contribution in [1.29, 1.82) is 0 Å². The van der Waals surface area contributed by atoms with Gasteiger partial charge in [0.05, 0.1) is 5.02 Å². The Morgan fingerprint density at radius 3 is 2.68 bits per heavy atom. The molecular weight excluding hydrogens is 288 g/mol. The number of aryl methyl sites for hydroxylation is 1. The van der Waals surface area contributed by atoms with Crippen LogP contribution < -0.4 is 5.32 Å². The van der Waals surface area contributed by atoms with Crippen molar-refractivity contribution in [3.8, 4) is 0 Å².